The average Bonchev–Trinajstić information content (AvgIpc) is 3.50. The molecule has 2 aliphatic heterocycles. The molecule has 7 nitrogen and oxygen atoms in total. The van der Waals surface area contributed by atoms with Crippen LogP contribution in [0.25, 0.3) is 16.8 Å². The molecular weight excluding hydrogens is 526 g/mol. The molecule has 1 saturated carbocycles. The monoisotopic (exact) mass is 556 g/mol. The molecule has 0 spiro atoms. The van der Waals surface area contributed by atoms with Crippen LogP contribution in [-0.4, -0.2) is 51.1 Å². The van der Waals surface area contributed by atoms with E-state index in [-0.39, 0.29) is 40.2 Å². The lowest BCUT2D eigenvalue weighted by molar-refractivity contribution is -0.140. The number of carbonyl (C=O) groups is 2. The molecule has 2 aromatic carbocycles. The largest absolute Gasteiger partial charge is 0.481 e. The highest BCUT2D eigenvalue weighted by Crippen LogP contribution is 2.42. The highest BCUT2D eigenvalue weighted by Gasteiger charge is 2.34. The number of anilines is 1. The Morgan fingerprint density at radius 2 is 1.80 bits per heavy atom. The van der Waals surface area contributed by atoms with E-state index < -0.39 is 23.5 Å². The fourth-order valence-corrected chi connectivity index (χ4v) is 6.41. The van der Waals surface area contributed by atoms with Crippen LogP contribution >= 0.6 is 0 Å². The molecule has 3 aliphatic rings. The molecule has 210 valence electrons. The van der Waals surface area contributed by atoms with Crippen molar-refractivity contribution in [1.82, 2.24) is 14.5 Å². The third kappa shape index (κ3) is 4.34. The zero-order valence-electron chi connectivity index (χ0n) is 22.7. The van der Waals surface area contributed by atoms with Gasteiger partial charge in [-0.15, -0.1) is 0 Å². The highest BCUT2D eigenvalue weighted by atomic mass is 19.1. The van der Waals surface area contributed by atoms with E-state index in [2.05, 4.69) is 11.2 Å². The summed E-state index contributed by atoms with van der Waals surface area (Å²) in [5.74, 6) is -2.67. The standard InChI is InChI=1S/C32H30F2N4O3/c1-18-23-5-3-2-4-19(23)11-13-37(18)31(39)25-15-28(20-6-7-20)38-29(30(25)34)16-27(35-38)24-9-8-22(14-26(24)33)36-12-10-21(17-36)32(40)41/h2-5,8-9,14-16,18,20-21H,6-7,10-13,17H2,1H3,(H,40,41)/t18-,21+/m1/s1. The molecule has 2 aromatic heterocycles. The smallest absolute Gasteiger partial charge is 0.308 e. The lowest BCUT2D eigenvalue weighted by atomic mass is 9.93. The Balaban J connectivity index is 1.24. The maximum atomic E-state index is 16.1. The Morgan fingerprint density at radius 3 is 2.54 bits per heavy atom. The molecule has 0 bridgehead atoms. The van der Waals surface area contributed by atoms with Gasteiger partial charge in [-0.25, -0.2) is 13.3 Å². The molecule has 1 amide bonds. The van der Waals surface area contributed by atoms with Crippen molar-refractivity contribution in [2.75, 3.05) is 24.5 Å². The van der Waals surface area contributed by atoms with E-state index in [4.69, 9.17) is 0 Å². The molecular formula is C32H30F2N4O3. The van der Waals surface area contributed by atoms with Crippen LogP contribution in [0, 0.1) is 17.6 Å². The molecule has 4 aromatic rings. The number of carbonyl (C=O) groups excluding carboxylic acids is 1. The number of carboxylic acid groups (broad SMARTS) is 1. The number of halogens is 2. The minimum Gasteiger partial charge on any atom is -0.481 e. The topological polar surface area (TPSA) is 78.2 Å². The number of nitrogens with zero attached hydrogens (tertiary/aromatic N) is 4. The molecule has 2 atom stereocenters. The van der Waals surface area contributed by atoms with Crippen LogP contribution < -0.4 is 4.90 Å². The van der Waals surface area contributed by atoms with Crippen LogP contribution in [0.4, 0.5) is 14.5 Å². The summed E-state index contributed by atoms with van der Waals surface area (Å²) < 4.78 is 33.0. The lowest BCUT2D eigenvalue weighted by Crippen LogP contribution is -2.39. The summed E-state index contributed by atoms with van der Waals surface area (Å²) in [5, 5.41) is 13.9. The first-order valence-electron chi connectivity index (χ1n) is 14.2. The number of pyridine rings is 1. The first-order chi connectivity index (χ1) is 19.8. The minimum atomic E-state index is -0.847. The van der Waals surface area contributed by atoms with Gasteiger partial charge in [0, 0.05) is 42.5 Å². The minimum absolute atomic E-state index is 0.0231. The number of aromatic nitrogens is 2. The van der Waals surface area contributed by atoms with Gasteiger partial charge in [0.1, 0.15) is 11.3 Å². The average molecular weight is 557 g/mol. The number of fused-ring (bicyclic) bond motifs is 2. The normalized spacial score (nSPS) is 20.5. The van der Waals surface area contributed by atoms with E-state index in [1.54, 1.807) is 23.1 Å². The molecule has 2 fully saturated rings. The van der Waals surface area contributed by atoms with Gasteiger partial charge >= 0.3 is 5.97 Å². The summed E-state index contributed by atoms with van der Waals surface area (Å²) in [6, 6.07) is 15.7. The van der Waals surface area contributed by atoms with E-state index in [0.717, 1.165) is 24.1 Å². The number of hydrogen-bond acceptors (Lipinski definition) is 4. The number of amides is 1. The van der Waals surface area contributed by atoms with Crippen molar-refractivity contribution in [3.05, 3.63) is 88.6 Å². The molecule has 1 N–H and O–H groups in total. The van der Waals surface area contributed by atoms with E-state index >= 15 is 8.78 Å². The second-order valence-electron chi connectivity index (χ2n) is 11.5. The highest BCUT2D eigenvalue weighted by molar-refractivity contribution is 5.96. The predicted molar refractivity (Wildman–Crippen MR) is 150 cm³/mol. The molecule has 0 radical (unpaired) electrons. The van der Waals surface area contributed by atoms with Crippen molar-refractivity contribution >= 4 is 23.1 Å². The van der Waals surface area contributed by atoms with Crippen LogP contribution in [0.1, 0.15) is 65.3 Å². The molecule has 0 unspecified atom stereocenters. The van der Waals surface area contributed by atoms with Gasteiger partial charge in [0.2, 0.25) is 0 Å². The van der Waals surface area contributed by atoms with Crippen LogP contribution in [0.15, 0.2) is 54.6 Å². The molecule has 1 aliphatic carbocycles. The van der Waals surface area contributed by atoms with Crippen LogP contribution in [0.2, 0.25) is 0 Å². The van der Waals surface area contributed by atoms with Gasteiger partial charge < -0.3 is 14.9 Å². The number of hydrogen-bond donors (Lipinski definition) is 1. The second-order valence-corrected chi connectivity index (χ2v) is 11.5. The maximum absolute atomic E-state index is 16.1. The fraction of sp³-hybridized carbons (Fsp3) is 0.344. The number of rotatable bonds is 5. The van der Waals surface area contributed by atoms with Gasteiger partial charge in [-0.1, -0.05) is 24.3 Å². The number of aliphatic carboxylic acids is 1. The summed E-state index contributed by atoms with van der Waals surface area (Å²) in [7, 11) is 0. The van der Waals surface area contributed by atoms with Crippen molar-refractivity contribution in [2.24, 2.45) is 5.92 Å². The quantitative estimate of drug-likeness (QED) is 0.335. The van der Waals surface area contributed by atoms with Gasteiger partial charge in [-0.3, -0.25) is 9.59 Å². The van der Waals surface area contributed by atoms with E-state index in [0.29, 0.717) is 38.2 Å². The molecule has 4 heterocycles. The van der Waals surface area contributed by atoms with E-state index in [1.807, 2.05) is 30.0 Å². The predicted octanol–water partition coefficient (Wildman–Crippen LogP) is 5.83. The van der Waals surface area contributed by atoms with Crippen LogP contribution in [-0.2, 0) is 11.2 Å². The van der Waals surface area contributed by atoms with Crippen molar-refractivity contribution in [1.29, 1.82) is 0 Å². The van der Waals surface area contributed by atoms with Gasteiger partial charge in [-0.2, -0.15) is 5.10 Å². The fourth-order valence-electron chi connectivity index (χ4n) is 6.41. The lowest BCUT2D eigenvalue weighted by Gasteiger charge is -2.35. The zero-order chi connectivity index (χ0) is 28.4. The van der Waals surface area contributed by atoms with Crippen LogP contribution in [0.5, 0.6) is 0 Å². The van der Waals surface area contributed by atoms with Crippen LogP contribution in [0.3, 0.4) is 0 Å². The third-order valence-corrected chi connectivity index (χ3v) is 8.92. The van der Waals surface area contributed by atoms with Crippen molar-refractivity contribution in [3.63, 3.8) is 0 Å². The summed E-state index contributed by atoms with van der Waals surface area (Å²) in [4.78, 5) is 28.7. The van der Waals surface area contributed by atoms with Gasteiger partial charge in [0.05, 0.1) is 23.2 Å². The van der Waals surface area contributed by atoms with Crippen molar-refractivity contribution < 1.29 is 23.5 Å². The Hall–Kier alpha value is -4.27. The van der Waals surface area contributed by atoms with E-state index in [1.165, 1.54) is 22.2 Å². The maximum Gasteiger partial charge on any atom is 0.308 e. The summed E-state index contributed by atoms with van der Waals surface area (Å²) in [5.41, 5.74) is 4.34. The second kappa shape index (κ2) is 9.68. The Labute approximate surface area is 236 Å². The Kier molecular flexibility index (Phi) is 6.06. The number of carboxylic acids is 1. The van der Waals surface area contributed by atoms with Crippen molar-refractivity contribution in [3.8, 4) is 11.3 Å². The summed E-state index contributed by atoms with van der Waals surface area (Å²) in [6.45, 7) is 3.35. The molecule has 1 saturated heterocycles. The first kappa shape index (κ1) is 25.7. The number of benzene rings is 2. The van der Waals surface area contributed by atoms with E-state index in [9.17, 15) is 14.7 Å². The van der Waals surface area contributed by atoms with Gasteiger partial charge in [0.15, 0.2) is 5.82 Å². The zero-order valence-corrected chi connectivity index (χ0v) is 22.7. The third-order valence-electron chi connectivity index (χ3n) is 8.92. The molecule has 9 heteroatoms. The van der Waals surface area contributed by atoms with Gasteiger partial charge in [-0.05, 0) is 74.1 Å². The Bertz CT molecular complexity index is 1710. The SMILES string of the molecule is C[C@@H]1c2ccccc2CCN1C(=O)c1cc(C2CC2)n2nc(-c3ccc(N4CC[C@H](C(=O)O)C4)cc3F)cc2c1F. The van der Waals surface area contributed by atoms with Crippen molar-refractivity contribution in [2.45, 2.75) is 44.6 Å². The summed E-state index contributed by atoms with van der Waals surface area (Å²) in [6.07, 6.45) is 3.07. The summed E-state index contributed by atoms with van der Waals surface area (Å²) >= 11 is 0. The first-order valence-corrected chi connectivity index (χ1v) is 14.2. The van der Waals surface area contributed by atoms with Gasteiger partial charge in [0.25, 0.3) is 5.91 Å². The Morgan fingerprint density at radius 1 is 1.00 bits per heavy atom. The molecule has 41 heavy (non-hydrogen) atoms. The molecule has 7 rings (SSSR count).